The van der Waals surface area contributed by atoms with Gasteiger partial charge in [-0.15, -0.1) is 0 Å². The highest BCUT2D eigenvalue weighted by Crippen LogP contribution is 2.16. The van der Waals surface area contributed by atoms with Crippen LogP contribution in [0.4, 0.5) is 0 Å². The minimum atomic E-state index is 0.125. The molecule has 0 fully saturated rings. The average molecular weight is 284 g/mol. The normalized spacial score (nSPS) is 12.6. The molecule has 0 spiro atoms. The Labute approximate surface area is 127 Å². The van der Waals surface area contributed by atoms with E-state index in [1.807, 2.05) is 41.2 Å². The van der Waals surface area contributed by atoms with Crippen LogP contribution in [0, 0.1) is 0 Å². The number of benzene rings is 1. The summed E-state index contributed by atoms with van der Waals surface area (Å²) in [7, 11) is 0. The van der Waals surface area contributed by atoms with Crippen LogP contribution in [0.2, 0.25) is 0 Å². The molecule has 1 unspecified atom stereocenters. The van der Waals surface area contributed by atoms with E-state index in [1.54, 1.807) is 0 Å². The number of nitrogens with zero attached hydrogens (tertiary/aromatic N) is 2. The molecule has 21 heavy (non-hydrogen) atoms. The lowest BCUT2D eigenvalue weighted by atomic mass is 9.99. The minimum absolute atomic E-state index is 0.125. The Morgan fingerprint density at radius 1 is 1.14 bits per heavy atom. The van der Waals surface area contributed by atoms with Gasteiger partial charge >= 0.3 is 0 Å². The van der Waals surface area contributed by atoms with Crippen molar-refractivity contribution in [2.45, 2.75) is 52.5 Å². The van der Waals surface area contributed by atoms with Gasteiger partial charge in [-0.3, -0.25) is 9.48 Å². The van der Waals surface area contributed by atoms with Crippen molar-refractivity contribution in [2.75, 3.05) is 0 Å². The monoisotopic (exact) mass is 284 g/mol. The SMILES string of the molecule is CCC(C)n1ccc(CC(=O)c2ccc(C(C)C)cc2)n1. The summed E-state index contributed by atoms with van der Waals surface area (Å²) in [5, 5.41) is 4.49. The highest BCUT2D eigenvalue weighted by molar-refractivity contribution is 5.97. The molecule has 1 aromatic carbocycles. The van der Waals surface area contributed by atoms with Crippen LogP contribution in [0.5, 0.6) is 0 Å². The average Bonchev–Trinajstić information content (AvgIpc) is 2.95. The fraction of sp³-hybridized carbons (Fsp3) is 0.444. The summed E-state index contributed by atoms with van der Waals surface area (Å²) in [6, 6.07) is 10.2. The standard InChI is InChI=1S/C18H24N2O/c1-5-14(4)20-11-10-17(19-20)12-18(21)16-8-6-15(7-9-16)13(2)3/h6-11,13-14H,5,12H2,1-4H3. The van der Waals surface area contributed by atoms with E-state index in [4.69, 9.17) is 0 Å². The van der Waals surface area contributed by atoms with Gasteiger partial charge in [0, 0.05) is 17.8 Å². The van der Waals surface area contributed by atoms with Gasteiger partial charge < -0.3 is 0 Å². The molecule has 2 rings (SSSR count). The van der Waals surface area contributed by atoms with Gasteiger partial charge in [-0.2, -0.15) is 5.10 Å². The summed E-state index contributed by atoms with van der Waals surface area (Å²) in [6.07, 6.45) is 3.36. The second kappa shape index (κ2) is 6.70. The summed E-state index contributed by atoms with van der Waals surface area (Å²) in [6.45, 7) is 8.56. The van der Waals surface area contributed by atoms with Crippen molar-refractivity contribution in [3.63, 3.8) is 0 Å². The lowest BCUT2D eigenvalue weighted by molar-refractivity contribution is 0.0991. The Balaban J connectivity index is 2.05. The largest absolute Gasteiger partial charge is 0.294 e. The predicted octanol–water partition coefficient (Wildman–Crippen LogP) is 4.40. The second-order valence-corrected chi connectivity index (χ2v) is 5.92. The van der Waals surface area contributed by atoms with Gasteiger partial charge in [0.2, 0.25) is 0 Å². The second-order valence-electron chi connectivity index (χ2n) is 5.92. The Bertz CT molecular complexity index is 596. The van der Waals surface area contributed by atoms with Crippen LogP contribution in [0.3, 0.4) is 0 Å². The van der Waals surface area contributed by atoms with E-state index in [0.717, 1.165) is 17.7 Å². The van der Waals surface area contributed by atoms with Crippen LogP contribution in [0.1, 0.15) is 67.7 Å². The molecule has 1 heterocycles. The fourth-order valence-electron chi connectivity index (χ4n) is 2.22. The number of carbonyl (C=O) groups excluding carboxylic acids is 1. The molecule has 0 bridgehead atoms. The van der Waals surface area contributed by atoms with Crippen molar-refractivity contribution in [3.8, 4) is 0 Å². The van der Waals surface area contributed by atoms with Gasteiger partial charge in [0.1, 0.15) is 0 Å². The molecule has 2 aromatic rings. The molecule has 0 aliphatic rings. The molecule has 0 radical (unpaired) electrons. The smallest absolute Gasteiger partial charge is 0.168 e. The van der Waals surface area contributed by atoms with Crippen molar-refractivity contribution in [1.29, 1.82) is 0 Å². The van der Waals surface area contributed by atoms with Crippen LogP contribution >= 0.6 is 0 Å². The van der Waals surface area contributed by atoms with Gasteiger partial charge in [0.15, 0.2) is 5.78 Å². The summed E-state index contributed by atoms with van der Waals surface area (Å²) in [5.74, 6) is 0.611. The molecule has 112 valence electrons. The van der Waals surface area contributed by atoms with Gasteiger partial charge in [0.25, 0.3) is 0 Å². The van der Waals surface area contributed by atoms with Crippen LogP contribution in [-0.2, 0) is 6.42 Å². The minimum Gasteiger partial charge on any atom is -0.294 e. The van der Waals surface area contributed by atoms with Gasteiger partial charge in [-0.25, -0.2) is 0 Å². The number of hydrogen-bond donors (Lipinski definition) is 0. The van der Waals surface area contributed by atoms with Gasteiger partial charge in [-0.1, -0.05) is 45.0 Å². The van der Waals surface area contributed by atoms with E-state index in [0.29, 0.717) is 18.4 Å². The van der Waals surface area contributed by atoms with Crippen LogP contribution < -0.4 is 0 Å². The Kier molecular flexibility index (Phi) is 4.94. The third kappa shape index (κ3) is 3.81. The highest BCUT2D eigenvalue weighted by Gasteiger charge is 2.11. The molecule has 0 N–H and O–H groups in total. The Morgan fingerprint density at radius 3 is 2.38 bits per heavy atom. The maximum atomic E-state index is 12.3. The number of carbonyl (C=O) groups is 1. The van der Waals surface area contributed by atoms with Crippen molar-refractivity contribution in [3.05, 3.63) is 53.3 Å². The van der Waals surface area contributed by atoms with Gasteiger partial charge in [0.05, 0.1) is 12.1 Å². The first kappa shape index (κ1) is 15.5. The Morgan fingerprint density at radius 2 is 1.81 bits per heavy atom. The van der Waals surface area contributed by atoms with Crippen molar-refractivity contribution < 1.29 is 4.79 Å². The summed E-state index contributed by atoms with van der Waals surface area (Å²) in [5.41, 5.74) is 2.86. The first-order valence-electron chi connectivity index (χ1n) is 7.68. The lowest BCUT2D eigenvalue weighted by Gasteiger charge is -2.08. The first-order chi connectivity index (χ1) is 10.0. The van der Waals surface area contributed by atoms with Gasteiger partial charge in [-0.05, 0) is 30.9 Å². The zero-order valence-corrected chi connectivity index (χ0v) is 13.3. The van der Waals surface area contributed by atoms with E-state index in [9.17, 15) is 4.79 Å². The molecule has 0 saturated heterocycles. The molecular formula is C18H24N2O. The maximum Gasteiger partial charge on any atom is 0.168 e. The topological polar surface area (TPSA) is 34.9 Å². The van der Waals surface area contributed by atoms with Crippen molar-refractivity contribution >= 4 is 5.78 Å². The molecule has 3 nitrogen and oxygen atoms in total. The lowest BCUT2D eigenvalue weighted by Crippen LogP contribution is -2.08. The van der Waals surface area contributed by atoms with Crippen molar-refractivity contribution in [2.24, 2.45) is 0 Å². The molecule has 1 atom stereocenters. The number of rotatable bonds is 6. The third-order valence-electron chi connectivity index (χ3n) is 3.95. The number of Topliss-reactive ketones (excluding diaryl/α,β-unsaturated/α-hetero) is 1. The summed E-state index contributed by atoms with van der Waals surface area (Å²) >= 11 is 0. The van der Waals surface area contributed by atoms with E-state index >= 15 is 0 Å². The molecule has 0 amide bonds. The number of hydrogen-bond acceptors (Lipinski definition) is 2. The number of aromatic nitrogens is 2. The van der Waals surface area contributed by atoms with E-state index < -0.39 is 0 Å². The molecule has 0 aliphatic heterocycles. The van der Waals surface area contributed by atoms with E-state index in [2.05, 4.69) is 32.8 Å². The summed E-state index contributed by atoms with van der Waals surface area (Å²) < 4.78 is 1.93. The van der Waals surface area contributed by atoms with E-state index in [1.165, 1.54) is 5.56 Å². The van der Waals surface area contributed by atoms with Crippen LogP contribution in [-0.4, -0.2) is 15.6 Å². The van der Waals surface area contributed by atoms with Crippen LogP contribution in [0.25, 0.3) is 0 Å². The maximum absolute atomic E-state index is 12.3. The molecule has 1 aromatic heterocycles. The number of ketones is 1. The predicted molar refractivity (Wildman–Crippen MR) is 85.8 cm³/mol. The van der Waals surface area contributed by atoms with Crippen molar-refractivity contribution in [1.82, 2.24) is 9.78 Å². The zero-order chi connectivity index (χ0) is 15.4. The third-order valence-corrected chi connectivity index (χ3v) is 3.95. The first-order valence-corrected chi connectivity index (χ1v) is 7.68. The highest BCUT2D eigenvalue weighted by atomic mass is 16.1. The molecule has 0 aliphatic carbocycles. The molecule has 0 saturated carbocycles. The summed E-state index contributed by atoms with van der Waals surface area (Å²) in [4.78, 5) is 12.3. The zero-order valence-electron chi connectivity index (χ0n) is 13.3. The Hall–Kier alpha value is -1.90. The fourth-order valence-corrected chi connectivity index (χ4v) is 2.22. The van der Waals surface area contributed by atoms with E-state index in [-0.39, 0.29) is 5.78 Å². The quantitative estimate of drug-likeness (QED) is 0.737. The molecular weight excluding hydrogens is 260 g/mol. The van der Waals surface area contributed by atoms with Crippen LogP contribution in [0.15, 0.2) is 36.5 Å². The molecule has 3 heteroatoms.